The van der Waals surface area contributed by atoms with Gasteiger partial charge >= 0.3 is 0 Å². The first-order valence-electron chi connectivity index (χ1n) is 5.40. The predicted molar refractivity (Wildman–Crippen MR) is 74.4 cm³/mol. The minimum Gasteiger partial charge on any atom is -0.207 e. The Labute approximate surface area is 119 Å². The minimum atomic E-state index is -3.38. The summed E-state index contributed by atoms with van der Waals surface area (Å²) in [6.07, 6.45) is 1.87. The Kier molecular flexibility index (Phi) is 3.97. The Bertz CT molecular complexity index is 530. The zero-order valence-electron chi connectivity index (χ0n) is 9.36. The molecule has 0 saturated carbocycles. The SMILES string of the molecule is CC1CCCN1S(=O)(=O)c1cc(Br)ccc1Br. The third kappa shape index (κ3) is 2.59. The van der Waals surface area contributed by atoms with Crippen LogP contribution in [0.3, 0.4) is 0 Å². The standard InChI is InChI=1S/C11H13Br2NO2S/c1-8-3-2-6-14(8)17(15,16)11-7-9(12)4-5-10(11)13/h4-5,7-8H,2-3,6H2,1H3. The van der Waals surface area contributed by atoms with Gasteiger partial charge in [-0.2, -0.15) is 4.31 Å². The van der Waals surface area contributed by atoms with Crippen molar-refractivity contribution in [3.05, 3.63) is 27.1 Å². The average molecular weight is 383 g/mol. The lowest BCUT2D eigenvalue weighted by molar-refractivity contribution is 0.408. The lowest BCUT2D eigenvalue weighted by Gasteiger charge is -2.21. The van der Waals surface area contributed by atoms with Gasteiger partial charge in [0.15, 0.2) is 0 Å². The fraction of sp³-hybridized carbons (Fsp3) is 0.455. The van der Waals surface area contributed by atoms with E-state index in [1.54, 1.807) is 16.4 Å². The number of hydrogen-bond acceptors (Lipinski definition) is 2. The maximum absolute atomic E-state index is 12.5. The molecule has 0 spiro atoms. The molecular formula is C11H13Br2NO2S. The summed E-state index contributed by atoms with van der Waals surface area (Å²) in [5.74, 6) is 0. The Balaban J connectivity index is 2.48. The Hall–Kier alpha value is 0.0900. The lowest BCUT2D eigenvalue weighted by atomic mass is 10.3. The molecule has 0 bridgehead atoms. The van der Waals surface area contributed by atoms with Gasteiger partial charge in [0.2, 0.25) is 10.0 Å². The molecule has 1 unspecified atom stereocenters. The molecule has 0 amide bonds. The van der Waals surface area contributed by atoms with Gasteiger partial charge in [-0.25, -0.2) is 8.42 Å². The first kappa shape index (κ1) is 13.5. The summed E-state index contributed by atoms with van der Waals surface area (Å²) in [6, 6.07) is 5.30. The Morgan fingerprint density at radius 1 is 1.35 bits per heavy atom. The second kappa shape index (κ2) is 4.99. The van der Waals surface area contributed by atoms with Crippen LogP contribution in [0.25, 0.3) is 0 Å². The van der Waals surface area contributed by atoms with E-state index in [1.807, 2.05) is 13.0 Å². The average Bonchev–Trinajstić information content (AvgIpc) is 2.68. The van der Waals surface area contributed by atoms with Gasteiger partial charge in [-0.05, 0) is 53.9 Å². The maximum Gasteiger partial charge on any atom is 0.244 e. The van der Waals surface area contributed by atoms with E-state index in [0.29, 0.717) is 15.9 Å². The van der Waals surface area contributed by atoms with Crippen LogP contribution >= 0.6 is 31.9 Å². The molecular weight excluding hydrogens is 370 g/mol. The molecule has 94 valence electrons. The van der Waals surface area contributed by atoms with Gasteiger partial charge in [0.05, 0.1) is 4.90 Å². The molecule has 0 aliphatic carbocycles. The van der Waals surface area contributed by atoms with E-state index in [4.69, 9.17) is 0 Å². The number of rotatable bonds is 2. The molecule has 1 aliphatic heterocycles. The summed E-state index contributed by atoms with van der Waals surface area (Å²) in [7, 11) is -3.38. The second-order valence-corrected chi connectivity index (χ2v) is 7.81. The molecule has 1 aromatic carbocycles. The fourth-order valence-electron chi connectivity index (χ4n) is 2.07. The lowest BCUT2D eigenvalue weighted by Crippen LogP contribution is -2.33. The molecule has 2 rings (SSSR count). The van der Waals surface area contributed by atoms with E-state index in [2.05, 4.69) is 31.9 Å². The van der Waals surface area contributed by atoms with Crippen molar-refractivity contribution in [3.8, 4) is 0 Å². The van der Waals surface area contributed by atoms with E-state index < -0.39 is 10.0 Å². The predicted octanol–water partition coefficient (Wildman–Crippen LogP) is 3.38. The number of benzene rings is 1. The summed E-state index contributed by atoms with van der Waals surface area (Å²) in [6.45, 7) is 2.57. The highest BCUT2D eigenvalue weighted by molar-refractivity contribution is 9.11. The fourth-order valence-corrected chi connectivity index (χ4v) is 5.23. The monoisotopic (exact) mass is 381 g/mol. The third-order valence-corrected chi connectivity index (χ3v) is 6.47. The van der Waals surface area contributed by atoms with Crippen LogP contribution in [0, 0.1) is 0 Å². The topological polar surface area (TPSA) is 37.4 Å². The first-order chi connectivity index (χ1) is 7.93. The minimum absolute atomic E-state index is 0.0888. The van der Waals surface area contributed by atoms with Gasteiger partial charge in [-0.15, -0.1) is 0 Å². The van der Waals surface area contributed by atoms with Crippen LogP contribution in [0.4, 0.5) is 0 Å². The van der Waals surface area contributed by atoms with Crippen molar-refractivity contribution < 1.29 is 8.42 Å². The van der Waals surface area contributed by atoms with Gasteiger partial charge in [0.1, 0.15) is 0 Å². The van der Waals surface area contributed by atoms with Crippen LogP contribution < -0.4 is 0 Å². The van der Waals surface area contributed by atoms with Crippen molar-refractivity contribution in [1.29, 1.82) is 0 Å². The largest absolute Gasteiger partial charge is 0.244 e. The zero-order valence-corrected chi connectivity index (χ0v) is 13.3. The molecule has 3 nitrogen and oxygen atoms in total. The zero-order chi connectivity index (χ0) is 12.6. The quantitative estimate of drug-likeness (QED) is 0.786. The van der Waals surface area contributed by atoms with E-state index >= 15 is 0 Å². The molecule has 0 radical (unpaired) electrons. The number of halogens is 2. The van der Waals surface area contributed by atoms with Crippen molar-refractivity contribution in [1.82, 2.24) is 4.31 Å². The van der Waals surface area contributed by atoms with Crippen LogP contribution in [0.2, 0.25) is 0 Å². The van der Waals surface area contributed by atoms with Crippen molar-refractivity contribution in [3.63, 3.8) is 0 Å². The molecule has 1 fully saturated rings. The van der Waals surface area contributed by atoms with Crippen LogP contribution in [-0.2, 0) is 10.0 Å². The number of sulfonamides is 1. The van der Waals surface area contributed by atoms with Crippen molar-refractivity contribution in [2.24, 2.45) is 0 Å². The summed E-state index contributed by atoms with van der Waals surface area (Å²) < 4.78 is 27.9. The first-order valence-corrected chi connectivity index (χ1v) is 8.42. The summed E-state index contributed by atoms with van der Waals surface area (Å²) in [5.41, 5.74) is 0. The van der Waals surface area contributed by atoms with Crippen molar-refractivity contribution in [2.75, 3.05) is 6.54 Å². The molecule has 1 aromatic rings. The highest BCUT2D eigenvalue weighted by atomic mass is 79.9. The highest BCUT2D eigenvalue weighted by Gasteiger charge is 2.33. The molecule has 1 atom stereocenters. The molecule has 1 saturated heterocycles. The maximum atomic E-state index is 12.5. The molecule has 0 N–H and O–H groups in total. The van der Waals surface area contributed by atoms with Crippen LogP contribution in [0.5, 0.6) is 0 Å². The van der Waals surface area contributed by atoms with E-state index in [1.165, 1.54) is 0 Å². The van der Waals surface area contributed by atoms with Gasteiger partial charge < -0.3 is 0 Å². The number of nitrogens with zero attached hydrogens (tertiary/aromatic N) is 1. The van der Waals surface area contributed by atoms with Gasteiger partial charge in [0, 0.05) is 21.5 Å². The van der Waals surface area contributed by atoms with Crippen molar-refractivity contribution in [2.45, 2.75) is 30.7 Å². The summed E-state index contributed by atoms with van der Waals surface area (Å²) >= 11 is 6.62. The van der Waals surface area contributed by atoms with E-state index in [-0.39, 0.29) is 6.04 Å². The van der Waals surface area contributed by atoms with Crippen molar-refractivity contribution >= 4 is 41.9 Å². The molecule has 1 heterocycles. The Morgan fingerprint density at radius 2 is 2.06 bits per heavy atom. The van der Waals surface area contributed by atoms with Gasteiger partial charge in [-0.1, -0.05) is 15.9 Å². The van der Waals surface area contributed by atoms with Gasteiger partial charge in [0.25, 0.3) is 0 Å². The molecule has 1 aliphatic rings. The van der Waals surface area contributed by atoms with E-state index in [9.17, 15) is 8.42 Å². The highest BCUT2D eigenvalue weighted by Crippen LogP contribution is 2.31. The van der Waals surface area contributed by atoms with Crippen LogP contribution in [-0.4, -0.2) is 25.3 Å². The smallest absolute Gasteiger partial charge is 0.207 e. The second-order valence-electron chi connectivity index (χ2n) is 4.18. The molecule has 0 aromatic heterocycles. The van der Waals surface area contributed by atoms with Gasteiger partial charge in [-0.3, -0.25) is 0 Å². The third-order valence-electron chi connectivity index (χ3n) is 2.97. The molecule has 6 heteroatoms. The molecule has 17 heavy (non-hydrogen) atoms. The van der Waals surface area contributed by atoms with E-state index in [0.717, 1.165) is 17.3 Å². The summed E-state index contributed by atoms with van der Waals surface area (Å²) in [5, 5.41) is 0. The normalized spacial score (nSPS) is 21.9. The Morgan fingerprint density at radius 3 is 2.65 bits per heavy atom. The van der Waals surface area contributed by atoms with Crippen LogP contribution in [0.15, 0.2) is 32.0 Å². The van der Waals surface area contributed by atoms with Crippen LogP contribution in [0.1, 0.15) is 19.8 Å². The number of hydrogen-bond donors (Lipinski definition) is 0. The summed E-state index contributed by atoms with van der Waals surface area (Å²) in [4.78, 5) is 0.334.